The first kappa shape index (κ1) is 31.1. The van der Waals surface area contributed by atoms with Crippen molar-refractivity contribution in [3.8, 4) is 16.8 Å². The fourth-order valence-electron chi connectivity index (χ4n) is 12.8. The van der Waals surface area contributed by atoms with Gasteiger partial charge in [0.05, 0.1) is 11.0 Å². The molecule has 0 radical (unpaired) electrons. The molecule has 1 spiro atoms. The molecule has 268 valence electrons. The van der Waals surface area contributed by atoms with Crippen molar-refractivity contribution in [3.63, 3.8) is 0 Å². The van der Waals surface area contributed by atoms with Gasteiger partial charge in [-0.25, -0.2) is 0 Å². The van der Waals surface area contributed by atoms with Crippen LogP contribution in [0.2, 0.25) is 0 Å². The van der Waals surface area contributed by atoms with Crippen LogP contribution in [0.3, 0.4) is 0 Å². The Labute approximate surface area is 327 Å². The van der Waals surface area contributed by atoms with Crippen LogP contribution in [-0.4, -0.2) is 4.57 Å². The van der Waals surface area contributed by atoms with Gasteiger partial charge >= 0.3 is 0 Å². The molecule has 4 bridgehead atoms. The van der Waals surface area contributed by atoms with E-state index in [-0.39, 0.29) is 5.41 Å². The molecule has 5 aliphatic carbocycles. The van der Waals surface area contributed by atoms with Crippen LogP contribution in [0.1, 0.15) is 43.2 Å². The van der Waals surface area contributed by atoms with E-state index < -0.39 is 0 Å². The zero-order valence-electron chi connectivity index (χ0n) is 31.4. The third-order valence-electron chi connectivity index (χ3n) is 14.7. The molecule has 0 N–H and O–H groups in total. The second kappa shape index (κ2) is 11.5. The van der Waals surface area contributed by atoms with E-state index in [0.717, 1.165) is 29.4 Å². The molecule has 8 aromatic carbocycles. The standard InChI is InChI=1S/C54H42N2/c1-2-10-44-36(9-1)17-18-37-32-42(23-25-45(37)44)55(40-19-21-41(22-20-40)56-52-15-7-4-12-47(52)48-13-5-8-16-53(48)56)43-24-26-51-49(33-43)46-11-3-6-14-50(46)54(51)38-28-34-27-35(30-38)31-39(54)29-34/h1-26,32-35,38-39H,27-31H2. The Morgan fingerprint density at radius 2 is 0.964 bits per heavy atom. The molecule has 0 atom stereocenters. The van der Waals surface area contributed by atoms with Gasteiger partial charge in [0.15, 0.2) is 0 Å². The summed E-state index contributed by atoms with van der Waals surface area (Å²) in [7, 11) is 0. The number of hydrogen-bond donors (Lipinski definition) is 0. The van der Waals surface area contributed by atoms with Crippen molar-refractivity contribution >= 4 is 60.4 Å². The quantitative estimate of drug-likeness (QED) is 0.165. The molecule has 4 saturated carbocycles. The predicted molar refractivity (Wildman–Crippen MR) is 234 cm³/mol. The summed E-state index contributed by atoms with van der Waals surface area (Å²) in [6.45, 7) is 0. The van der Waals surface area contributed by atoms with Crippen molar-refractivity contribution in [2.45, 2.75) is 37.5 Å². The first-order chi connectivity index (χ1) is 27.7. The zero-order chi connectivity index (χ0) is 36.5. The fraction of sp³-hybridized carbons (Fsp3) is 0.185. The number of rotatable bonds is 4. The van der Waals surface area contributed by atoms with E-state index in [1.54, 1.807) is 11.1 Å². The maximum absolute atomic E-state index is 2.56. The van der Waals surface area contributed by atoms with E-state index in [4.69, 9.17) is 0 Å². The summed E-state index contributed by atoms with van der Waals surface area (Å²) in [6.07, 6.45) is 7.08. The number of benzene rings is 8. The van der Waals surface area contributed by atoms with E-state index in [1.165, 1.54) is 104 Å². The molecule has 0 saturated heterocycles. The molecule has 4 fully saturated rings. The van der Waals surface area contributed by atoms with E-state index in [1.807, 2.05) is 0 Å². The fourth-order valence-corrected chi connectivity index (χ4v) is 12.8. The number of fused-ring (bicyclic) bond motifs is 9. The number of hydrogen-bond acceptors (Lipinski definition) is 1. The van der Waals surface area contributed by atoms with Crippen LogP contribution >= 0.6 is 0 Å². The molecule has 2 heteroatoms. The van der Waals surface area contributed by atoms with Crippen molar-refractivity contribution in [3.05, 3.63) is 181 Å². The van der Waals surface area contributed by atoms with Gasteiger partial charge in [-0.1, -0.05) is 109 Å². The van der Waals surface area contributed by atoms with E-state index >= 15 is 0 Å². The Morgan fingerprint density at radius 3 is 1.71 bits per heavy atom. The lowest BCUT2D eigenvalue weighted by atomic mass is 9.43. The molecule has 1 aromatic heterocycles. The lowest BCUT2D eigenvalue weighted by Crippen LogP contribution is -2.55. The minimum atomic E-state index is 0.163. The van der Waals surface area contributed by atoms with Crippen LogP contribution in [0, 0.1) is 23.7 Å². The van der Waals surface area contributed by atoms with E-state index in [2.05, 4.69) is 179 Å². The Kier molecular flexibility index (Phi) is 6.37. The number of anilines is 3. The smallest absolute Gasteiger partial charge is 0.0541 e. The van der Waals surface area contributed by atoms with Crippen LogP contribution in [-0.2, 0) is 5.41 Å². The average Bonchev–Trinajstić information content (AvgIpc) is 3.73. The molecule has 0 unspecified atom stereocenters. The van der Waals surface area contributed by atoms with Gasteiger partial charge in [-0.3, -0.25) is 0 Å². The first-order valence-electron chi connectivity index (χ1n) is 20.8. The minimum absolute atomic E-state index is 0.163. The maximum atomic E-state index is 2.56. The molecular formula is C54H42N2. The molecule has 14 rings (SSSR count). The molecule has 5 aliphatic rings. The van der Waals surface area contributed by atoms with Crippen molar-refractivity contribution in [2.24, 2.45) is 23.7 Å². The monoisotopic (exact) mass is 718 g/mol. The predicted octanol–water partition coefficient (Wildman–Crippen LogP) is 14.3. The van der Waals surface area contributed by atoms with Crippen LogP contribution in [0.25, 0.3) is 60.2 Å². The summed E-state index contributed by atoms with van der Waals surface area (Å²) >= 11 is 0. The summed E-state index contributed by atoms with van der Waals surface area (Å²) in [4.78, 5) is 2.50. The van der Waals surface area contributed by atoms with Gasteiger partial charge in [-0.05, 0) is 160 Å². The highest BCUT2D eigenvalue weighted by atomic mass is 15.1. The van der Waals surface area contributed by atoms with E-state index in [9.17, 15) is 0 Å². The zero-order valence-corrected chi connectivity index (χ0v) is 31.4. The van der Waals surface area contributed by atoms with Gasteiger partial charge in [-0.15, -0.1) is 0 Å². The highest BCUT2D eigenvalue weighted by molar-refractivity contribution is 6.10. The molecule has 0 aliphatic heterocycles. The second-order valence-electron chi connectivity index (χ2n) is 17.4. The minimum Gasteiger partial charge on any atom is -0.310 e. The average molecular weight is 719 g/mol. The van der Waals surface area contributed by atoms with Gasteiger partial charge in [0.1, 0.15) is 0 Å². The normalized spacial score (nSPS) is 23.1. The third-order valence-corrected chi connectivity index (χ3v) is 14.7. The van der Waals surface area contributed by atoms with Crippen molar-refractivity contribution in [1.82, 2.24) is 4.57 Å². The largest absolute Gasteiger partial charge is 0.310 e. The van der Waals surface area contributed by atoms with E-state index in [0.29, 0.717) is 0 Å². The number of aromatic nitrogens is 1. The molecule has 9 aromatic rings. The van der Waals surface area contributed by atoms with Gasteiger partial charge in [0, 0.05) is 38.9 Å². The van der Waals surface area contributed by atoms with Gasteiger partial charge < -0.3 is 9.47 Å². The SMILES string of the molecule is c1ccc2c(c1)-c1cc(N(c3ccc(-n4c5ccccc5c5ccccc54)cc3)c3ccc4c(ccc5ccccc54)c3)ccc1C21C2CC3CC(C2)CC1C3. The lowest BCUT2D eigenvalue weighted by molar-refractivity contribution is -0.0399. The van der Waals surface area contributed by atoms with Crippen LogP contribution < -0.4 is 4.90 Å². The molecule has 1 heterocycles. The maximum Gasteiger partial charge on any atom is 0.0541 e. The van der Waals surface area contributed by atoms with Gasteiger partial charge in [-0.2, -0.15) is 0 Å². The summed E-state index contributed by atoms with van der Waals surface area (Å²) in [5, 5.41) is 7.70. The summed E-state index contributed by atoms with van der Waals surface area (Å²) < 4.78 is 2.41. The second-order valence-corrected chi connectivity index (χ2v) is 17.4. The molecule has 2 nitrogen and oxygen atoms in total. The summed E-state index contributed by atoms with van der Waals surface area (Å²) in [5.74, 6) is 3.38. The van der Waals surface area contributed by atoms with Crippen LogP contribution in [0.5, 0.6) is 0 Å². The third kappa shape index (κ3) is 4.17. The molecule has 0 amide bonds. The Balaban J connectivity index is 0.996. The number of para-hydroxylation sites is 2. The van der Waals surface area contributed by atoms with Crippen LogP contribution in [0.15, 0.2) is 170 Å². The highest BCUT2D eigenvalue weighted by Gasteiger charge is 2.61. The summed E-state index contributed by atoms with van der Waals surface area (Å²) in [5.41, 5.74) is 13.5. The van der Waals surface area contributed by atoms with Gasteiger partial charge in [0.25, 0.3) is 0 Å². The summed E-state index contributed by atoms with van der Waals surface area (Å²) in [6, 6.07) is 64.2. The Hall–Kier alpha value is -6.12. The number of nitrogens with zero attached hydrogens (tertiary/aromatic N) is 2. The first-order valence-corrected chi connectivity index (χ1v) is 20.8. The van der Waals surface area contributed by atoms with Crippen molar-refractivity contribution in [1.29, 1.82) is 0 Å². The van der Waals surface area contributed by atoms with Crippen molar-refractivity contribution in [2.75, 3.05) is 4.90 Å². The molecule has 56 heavy (non-hydrogen) atoms. The Bertz CT molecular complexity index is 2970. The lowest BCUT2D eigenvalue weighted by Gasteiger charge is -2.61. The highest BCUT2D eigenvalue weighted by Crippen LogP contribution is 2.69. The van der Waals surface area contributed by atoms with Crippen molar-refractivity contribution < 1.29 is 0 Å². The Morgan fingerprint density at radius 1 is 0.411 bits per heavy atom. The van der Waals surface area contributed by atoms with Crippen LogP contribution in [0.4, 0.5) is 17.1 Å². The topological polar surface area (TPSA) is 8.17 Å². The molecular weight excluding hydrogens is 677 g/mol. The van der Waals surface area contributed by atoms with Gasteiger partial charge in [0.2, 0.25) is 0 Å².